The lowest BCUT2D eigenvalue weighted by Gasteiger charge is -2.32. The van der Waals surface area contributed by atoms with Crippen molar-refractivity contribution in [2.75, 3.05) is 33.2 Å². The zero-order valence-corrected chi connectivity index (χ0v) is 10.4. The molecule has 0 saturated carbocycles. The number of benzene rings is 1. The Kier molecular flexibility index (Phi) is 3.92. The van der Waals surface area contributed by atoms with Gasteiger partial charge in [-0.3, -0.25) is 10.2 Å². The molecule has 1 heterocycles. The Labute approximate surface area is 107 Å². The molecule has 1 aliphatic heterocycles. The number of hydrogen-bond donors (Lipinski definition) is 1. The number of piperazine rings is 1. The number of nitriles is 1. The second-order valence-electron chi connectivity index (χ2n) is 4.42. The third kappa shape index (κ3) is 3.06. The van der Waals surface area contributed by atoms with Crippen molar-refractivity contribution >= 4 is 5.91 Å². The minimum absolute atomic E-state index is 0.156. The third-order valence-corrected chi connectivity index (χ3v) is 3.02. The Morgan fingerprint density at radius 2 is 2.06 bits per heavy atom. The molecule has 0 aromatic heterocycles. The zero-order valence-electron chi connectivity index (χ0n) is 10.4. The van der Waals surface area contributed by atoms with Crippen molar-refractivity contribution in [3.63, 3.8) is 0 Å². The molecule has 0 radical (unpaired) electrons. The fourth-order valence-corrected chi connectivity index (χ4v) is 1.86. The van der Waals surface area contributed by atoms with Crippen LogP contribution in [-0.2, 0) is 0 Å². The van der Waals surface area contributed by atoms with Gasteiger partial charge in [-0.05, 0) is 25.2 Å². The van der Waals surface area contributed by atoms with Crippen LogP contribution in [0.1, 0.15) is 15.9 Å². The molecule has 5 heteroatoms. The number of carbonyl (C=O) groups excluding carboxylic acids is 1. The first-order chi connectivity index (χ1) is 8.69. The van der Waals surface area contributed by atoms with E-state index in [1.165, 1.54) is 0 Å². The van der Waals surface area contributed by atoms with Gasteiger partial charge in [-0.1, -0.05) is 6.07 Å². The van der Waals surface area contributed by atoms with Crippen molar-refractivity contribution in [3.8, 4) is 6.07 Å². The molecule has 0 unspecified atom stereocenters. The van der Waals surface area contributed by atoms with Crippen LogP contribution >= 0.6 is 0 Å². The van der Waals surface area contributed by atoms with Crippen LogP contribution in [0, 0.1) is 11.3 Å². The summed E-state index contributed by atoms with van der Waals surface area (Å²) in [5.41, 5.74) is 3.89. The van der Waals surface area contributed by atoms with E-state index in [1.54, 1.807) is 24.3 Å². The highest BCUT2D eigenvalue weighted by molar-refractivity contribution is 5.94. The third-order valence-electron chi connectivity index (χ3n) is 3.02. The van der Waals surface area contributed by atoms with Crippen LogP contribution in [0.4, 0.5) is 0 Å². The van der Waals surface area contributed by atoms with Crippen molar-refractivity contribution in [2.45, 2.75) is 0 Å². The predicted octanol–water partition coefficient (Wildman–Crippen LogP) is 0.450. The van der Waals surface area contributed by atoms with E-state index < -0.39 is 0 Å². The van der Waals surface area contributed by atoms with E-state index in [2.05, 4.69) is 17.4 Å². The van der Waals surface area contributed by atoms with Crippen LogP contribution in [0.5, 0.6) is 0 Å². The second-order valence-corrected chi connectivity index (χ2v) is 4.42. The Morgan fingerprint density at radius 3 is 2.72 bits per heavy atom. The van der Waals surface area contributed by atoms with Crippen LogP contribution in [0.15, 0.2) is 24.3 Å². The van der Waals surface area contributed by atoms with Crippen molar-refractivity contribution in [1.82, 2.24) is 15.3 Å². The maximum atomic E-state index is 12.0. The quantitative estimate of drug-likeness (QED) is 0.820. The highest BCUT2D eigenvalue weighted by atomic mass is 16.2. The van der Waals surface area contributed by atoms with Gasteiger partial charge in [-0.25, -0.2) is 5.01 Å². The van der Waals surface area contributed by atoms with Crippen LogP contribution in [0.2, 0.25) is 0 Å². The number of nitrogens with zero attached hydrogens (tertiary/aromatic N) is 3. The van der Waals surface area contributed by atoms with Crippen molar-refractivity contribution in [3.05, 3.63) is 35.4 Å². The molecule has 18 heavy (non-hydrogen) atoms. The van der Waals surface area contributed by atoms with E-state index in [4.69, 9.17) is 5.26 Å². The lowest BCUT2D eigenvalue weighted by molar-refractivity contribution is 0.0662. The fourth-order valence-electron chi connectivity index (χ4n) is 1.86. The van der Waals surface area contributed by atoms with E-state index in [0.29, 0.717) is 11.1 Å². The van der Waals surface area contributed by atoms with Gasteiger partial charge in [0.25, 0.3) is 5.91 Å². The maximum Gasteiger partial charge on any atom is 0.265 e. The van der Waals surface area contributed by atoms with Gasteiger partial charge in [0.05, 0.1) is 11.6 Å². The highest BCUT2D eigenvalue weighted by Gasteiger charge is 2.16. The van der Waals surface area contributed by atoms with Crippen LogP contribution in [0.3, 0.4) is 0 Å². The largest absolute Gasteiger partial charge is 0.304 e. The van der Waals surface area contributed by atoms with E-state index in [9.17, 15) is 4.79 Å². The summed E-state index contributed by atoms with van der Waals surface area (Å²) in [5.74, 6) is -0.156. The Hall–Kier alpha value is -1.90. The Balaban J connectivity index is 1.97. The molecule has 1 saturated heterocycles. The standard InChI is InChI=1S/C13H16N4O/c1-16-5-7-17(8-6-16)15-13(18)12-4-2-3-11(9-12)10-14/h2-4,9H,5-8H2,1H3,(H,15,18). The van der Waals surface area contributed by atoms with Gasteiger partial charge in [0.1, 0.15) is 0 Å². The number of amides is 1. The summed E-state index contributed by atoms with van der Waals surface area (Å²) in [5, 5.41) is 10.7. The normalized spacial score (nSPS) is 17.1. The molecule has 1 aromatic rings. The van der Waals surface area contributed by atoms with Gasteiger partial charge in [-0.2, -0.15) is 5.26 Å². The first-order valence-corrected chi connectivity index (χ1v) is 5.93. The van der Waals surface area contributed by atoms with Crippen molar-refractivity contribution in [2.24, 2.45) is 0 Å². The van der Waals surface area contributed by atoms with Crippen LogP contribution < -0.4 is 5.43 Å². The van der Waals surface area contributed by atoms with Gasteiger partial charge in [0.2, 0.25) is 0 Å². The summed E-state index contributed by atoms with van der Waals surface area (Å²) < 4.78 is 0. The zero-order chi connectivity index (χ0) is 13.0. The van der Waals surface area contributed by atoms with Crippen molar-refractivity contribution in [1.29, 1.82) is 5.26 Å². The van der Waals surface area contributed by atoms with Gasteiger partial charge in [0, 0.05) is 31.7 Å². The monoisotopic (exact) mass is 244 g/mol. The molecule has 0 bridgehead atoms. The number of hydrazine groups is 1. The predicted molar refractivity (Wildman–Crippen MR) is 67.7 cm³/mol. The first-order valence-electron chi connectivity index (χ1n) is 5.93. The van der Waals surface area contributed by atoms with E-state index >= 15 is 0 Å². The molecular formula is C13H16N4O. The summed E-state index contributed by atoms with van der Waals surface area (Å²) in [7, 11) is 2.07. The van der Waals surface area contributed by atoms with E-state index in [1.807, 2.05) is 11.1 Å². The average Bonchev–Trinajstić information content (AvgIpc) is 2.41. The summed E-state index contributed by atoms with van der Waals surface area (Å²) in [6, 6.07) is 8.76. The van der Waals surface area contributed by atoms with E-state index in [0.717, 1.165) is 26.2 Å². The lowest BCUT2D eigenvalue weighted by Crippen LogP contribution is -2.52. The highest BCUT2D eigenvalue weighted by Crippen LogP contribution is 2.05. The molecule has 5 nitrogen and oxygen atoms in total. The molecule has 0 atom stereocenters. The molecule has 1 aromatic carbocycles. The minimum Gasteiger partial charge on any atom is -0.304 e. The maximum absolute atomic E-state index is 12.0. The number of hydrogen-bond acceptors (Lipinski definition) is 4. The number of nitrogens with one attached hydrogen (secondary N) is 1. The Bertz CT molecular complexity index is 472. The van der Waals surface area contributed by atoms with Gasteiger partial charge in [0.15, 0.2) is 0 Å². The van der Waals surface area contributed by atoms with Crippen molar-refractivity contribution < 1.29 is 4.79 Å². The van der Waals surface area contributed by atoms with Gasteiger partial charge < -0.3 is 4.90 Å². The van der Waals surface area contributed by atoms with Gasteiger partial charge >= 0.3 is 0 Å². The number of rotatable bonds is 2. The Morgan fingerprint density at radius 1 is 1.33 bits per heavy atom. The van der Waals surface area contributed by atoms with Crippen LogP contribution in [-0.4, -0.2) is 49.0 Å². The number of carbonyl (C=O) groups is 1. The summed E-state index contributed by atoms with van der Waals surface area (Å²) in [6.45, 7) is 3.53. The van der Waals surface area contributed by atoms with Crippen LogP contribution in [0.25, 0.3) is 0 Å². The molecule has 1 fully saturated rings. The first kappa shape index (κ1) is 12.6. The average molecular weight is 244 g/mol. The number of likely N-dealkylation sites (N-methyl/N-ethyl adjacent to an activating group) is 1. The summed E-state index contributed by atoms with van der Waals surface area (Å²) in [6.07, 6.45) is 0. The smallest absolute Gasteiger partial charge is 0.265 e. The molecular weight excluding hydrogens is 228 g/mol. The molecule has 1 amide bonds. The molecule has 94 valence electrons. The fraction of sp³-hybridized carbons (Fsp3) is 0.385. The summed E-state index contributed by atoms with van der Waals surface area (Å²) >= 11 is 0. The minimum atomic E-state index is -0.156. The lowest BCUT2D eigenvalue weighted by atomic mass is 10.1. The SMILES string of the molecule is CN1CCN(NC(=O)c2cccc(C#N)c2)CC1. The molecule has 2 rings (SSSR count). The molecule has 1 N–H and O–H groups in total. The topological polar surface area (TPSA) is 59.4 Å². The second kappa shape index (κ2) is 5.63. The van der Waals surface area contributed by atoms with E-state index in [-0.39, 0.29) is 5.91 Å². The summed E-state index contributed by atoms with van der Waals surface area (Å²) in [4.78, 5) is 14.2. The van der Waals surface area contributed by atoms with Gasteiger partial charge in [-0.15, -0.1) is 0 Å². The molecule has 0 aliphatic carbocycles. The molecule has 1 aliphatic rings. The molecule has 0 spiro atoms.